The molecule has 2 rings (SSSR count). The van der Waals surface area contributed by atoms with E-state index in [1.807, 2.05) is 44.5 Å². The van der Waals surface area contributed by atoms with Crippen LogP contribution in [-0.4, -0.2) is 24.6 Å². The number of ether oxygens (including phenoxy) is 2. The quantitative estimate of drug-likeness (QED) is 0.803. The van der Waals surface area contributed by atoms with Gasteiger partial charge in [0.25, 0.3) is 0 Å². The monoisotopic (exact) mass is 275 g/mol. The lowest BCUT2D eigenvalue weighted by Crippen LogP contribution is -2.09. The summed E-state index contributed by atoms with van der Waals surface area (Å²) in [6.45, 7) is 5.77. The van der Waals surface area contributed by atoms with Gasteiger partial charge in [0.2, 0.25) is 0 Å². The number of rotatable bonds is 4. The first-order chi connectivity index (χ1) is 9.43. The zero-order chi connectivity index (χ0) is 15.0. The topological polar surface area (TPSA) is 40.5 Å². The number of fused-ring (bicyclic) bond motifs is 1. The fourth-order valence-electron chi connectivity index (χ4n) is 2.57. The Morgan fingerprint density at radius 1 is 1.15 bits per heavy atom. The van der Waals surface area contributed by atoms with Crippen LogP contribution in [0.15, 0.2) is 12.1 Å². The van der Waals surface area contributed by atoms with Crippen LogP contribution in [0.5, 0.6) is 11.5 Å². The predicted octanol–water partition coefficient (Wildman–Crippen LogP) is 3.34. The molecule has 1 aromatic carbocycles. The Kier molecular flexibility index (Phi) is 3.75. The molecule has 0 radical (unpaired) electrons. The average molecular weight is 275 g/mol. The van der Waals surface area contributed by atoms with Crippen LogP contribution in [0.25, 0.3) is 10.9 Å². The summed E-state index contributed by atoms with van der Waals surface area (Å²) in [5, 5.41) is 0.838. The van der Waals surface area contributed by atoms with Gasteiger partial charge in [-0.1, -0.05) is 13.8 Å². The molecule has 0 atom stereocenters. The van der Waals surface area contributed by atoms with Crippen molar-refractivity contribution in [1.82, 2.24) is 4.57 Å². The summed E-state index contributed by atoms with van der Waals surface area (Å²) in [4.78, 5) is 12.6. The fraction of sp³-hybridized carbons (Fsp3) is 0.438. The van der Waals surface area contributed by atoms with Crippen molar-refractivity contribution in [3.63, 3.8) is 0 Å². The molecule has 1 heterocycles. The van der Waals surface area contributed by atoms with Gasteiger partial charge in [0.15, 0.2) is 5.78 Å². The molecule has 0 fully saturated rings. The van der Waals surface area contributed by atoms with Crippen LogP contribution in [0.3, 0.4) is 0 Å². The second kappa shape index (κ2) is 5.19. The first-order valence-corrected chi connectivity index (χ1v) is 6.68. The first-order valence-electron chi connectivity index (χ1n) is 6.68. The molecule has 4 nitrogen and oxygen atoms in total. The number of hydrogen-bond donors (Lipinski definition) is 0. The third-order valence-corrected chi connectivity index (χ3v) is 3.76. The first kappa shape index (κ1) is 14.4. The number of hydrogen-bond acceptors (Lipinski definition) is 3. The smallest absolute Gasteiger partial charge is 0.167 e. The lowest BCUT2D eigenvalue weighted by molar-refractivity contribution is 0.0940. The van der Waals surface area contributed by atoms with E-state index in [1.165, 1.54) is 0 Å². The van der Waals surface area contributed by atoms with Gasteiger partial charge in [-0.05, 0) is 19.1 Å². The normalized spacial score (nSPS) is 11.2. The Labute approximate surface area is 119 Å². The van der Waals surface area contributed by atoms with Crippen molar-refractivity contribution in [2.75, 3.05) is 14.2 Å². The number of carbonyl (C=O) groups is 1. The third kappa shape index (κ3) is 1.96. The summed E-state index contributed by atoms with van der Waals surface area (Å²) in [5.41, 5.74) is 2.56. The van der Waals surface area contributed by atoms with Gasteiger partial charge in [0, 0.05) is 18.7 Å². The SMILES string of the molecule is COc1ccc(OC)c2c1c(C(=O)C(C)C)c(C)n2C. The van der Waals surface area contributed by atoms with Crippen LogP contribution in [0.2, 0.25) is 0 Å². The molecule has 0 unspecified atom stereocenters. The van der Waals surface area contributed by atoms with Crippen molar-refractivity contribution in [2.24, 2.45) is 13.0 Å². The largest absolute Gasteiger partial charge is 0.496 e. The van der Waals surface area contributed by atoms with Crippen LogP contribution in [0.1, 0.15) is 29.9 Å². The lowest BCUT2D eigenvalue weighted by atomic mass is 9.98. The van der Waals surface area contributed by atoms with E-state index >= 15 is 0 Å². The van der Waals surface area contributed by atoms with E-state index in [1.54, 1.807) is 14.2 Å². The average Bonchev–Trinajstić information content (AvgIpc) is 2.70. The maximum Gasteiger partial charge on any atom is 0.167 e. The van der Waals surface area contributed by atoms with Crippen LogP contribution in [-0.2, 0) is 7.05 Å². The van der Waals surface area contributed by atoms with Crippen LogP contribution >= 0.6 is 0 Å². The minimum atomic E-state index is -0.0600. The summed E-state index contributed by atoms with van der Waals surface area (Å²) >= 11 is 0. The number of carbonyl (C=O) groups excluding carboxylic acids is 1. The molecule has 4 heteroatoms. The Morgan fingerprint density at radius 3 is 2.20 bits per heavy atom. The Balaban J connectivity index is 2.94. The van der Waals surface area contributed by atoms with Gasteiger partial charge in [-0.25, -0.2) is 0 Å². The Hall–Kier alpha value is -1.97. The molecule has 0 amide bonds. The zero-order valence-corrected chi connectivity index (χ0v) is 12.9. The number of nitrogens with zero attached hydrogens (tertiary/aromatic N) is 1. The zero-order valence-electron chi connectivity index (χ0n) is 12.9. The van der Waals surface area contributed by atoms with E-state index in [9.17, 15) is 4.79 Å². The van der Waals surface area contributed by atoms with Crippen molar-refractivity contribution in [1.29, 1.82) is 0 Å². The maximum atomic E-state index is 12.6. The molecule has 0 N–H and O–H groups in total. The van der Waals surface area contributed by atoms with E-state index < -0.39 is 0 Å². The number of benzene rings is 1. The van der Waals surface area contributed by atoms with E-state index in [4.69, 9.17) is 9.47 Å². The molecule has 1 aromatic heterocycles. The fourth-order valence-corrected chi connectivity index (χ4v) is 2.57. The molecular formula is C16H21NO3. The van der Waals surface area contributed by atoms with Crippen LogP contribution in [0, 0.1) is 12.8 Å². The summed E-state index contributed by atoms with van der Waals surface area (Å²) in [5.74, 6) is 1.51. The maximum absolute atomic E-state index is 12.6. The highest BCUT2D eigenvalue weighted by atomic mass is 16.5. The van der Waals surface area contributed by atoms with Gasteiger partial charge < -0.3 is 14.0 Å². The van der Waals surface area contributed by atoms with Gasteiger partial charge in [0.05, 0.1) is 30.7 Å². The molecule has 0 aliphatic rings. The van der Waals surface area contributed by atoms with E-state index in [0.717, 1.165) is 27.9 Å². The minimum Gasteiger partial charge on any atom is -0.496 e. The second-order valence-electron chi connectivity index (χ2n) is 5.23. The highest BCUT2D eigenvalue weighted by Crippen LogP contribution is 2.39. The van der Waals surface area contributed by atoms with Crippen molar-refractivity contribution < 1.29 is 14.3 Å². The molecule has 0 spiro atoms. The molecule has 0 aliphatic heterocycles. The van der Waals surface area contributed by atoms with Gasteiger partial charge in [-0.2, -0.15) is 0 Å². The molecular weight excluding hydrogens is 254 g/mol. The van der Waals surface area contributed by atoms with Gasteiger partial charge >= 0.3 is 0 Å². The summed E-state index contributed by atoms with van der Waals surface area (Å²) < 4.78 is 12.9. The highest BCUT2D eigenvalue weighted by molar-refractivity contribution is 6.13. The number of aromatic nitrogens is 1. The number of methoxy groups -OCH3 is 2. The summed E-state index contributed by atoms with van der Waals surface area (Å²) in [6, 6.07) is 3.71. The highest BCUT2D eigenvalue weighted by Gasteiger charge is 2.25. The standard InChI is InChI=1S/C16H21NO3/c1-9(2)16(18)13-10(3)17(4)15-12(20-6)8-7-11(19-5)14(13)15/h7-9H,1-6H3. The van der Waals surface area contributed by atoms with Crippen molar-refractivity contribution in [3.05, 3.63) is 23.4 Å². The van der Waals surface area contributed by atoms with Gasteiger partial charge in [-0.15, -0.1) is 0 Å². The van der Waals surface area contributed by atoms with Gasteiger partial charge in [-0.3, -0.25) is 4.79 Å². The molecule has 0 bridgehead atoms. The van der Waals surface area contributed by atoms with E-state index in [0.29, 0.717) is 5.75 Å². The Bertz CT molecular complexity index is 668. The molecule has 0 saturated heterocycles. The second-order valence-corrected chi connectivity index (χ2v) is 5.23. The molecule has 2 aromatic rings. The van der Waals surface area contributed by atoms with Crippen LogP contribution in [0.4, 0.5) is 0 Å². The molecule has 20 heavy (non-hydrogen) atoms. The number of ketones is 1. The van der Waals surface area contributed by atoms with Gasteiger partial charge in [0.1, 0.15) is 11.5 Å². The van der Waals surface area contributed by atoms with Crippen molar-refractivity contribution in [2.45, 2.75) is 20.8 Å². The third-order valence-electron chi connectivity index (χ3n) is 3.76. The predicted molar refractivity (Wildman–Crippen MR) is 79.9 cm³/mol. The summed E-state index contributed by atoms with van der Waals surface area (Å²) in [7, 11) is 5.19. The Morgan fingerprint density at radius 2 is 1.70 bits per heavy atom. The van der Waals surface area contributed by atoms with E-state index in [2.05, 4.69) is 0 Å². The van der Waals surface area contributed by atoms with Crippen molar-refractivity contribution in [3.8, 4) is 11.5 Å². The van der Waals surface area contributed by atoms with Crippen LogP contribution < -0.4 is 9.47 Å². The molecule has 108 valence electrons. The summed E-state index contributed by atoms with van der Waals surface area (Å²) in [6.07, 6.45) is 0. The molecule has 0 saturated carbocycles. The van der Waals surface area contributed by atoms with E-state index in [-0.39, 0.29) is 11.7 Å². The minimum absolute atomic E-state index is 0.0600. The molecule has 0 aliphatic carbocycles. The number of aryl methyl sites for hydroxylation is 1. The lowest BCUT2D eigenvalue weighted by Gasteiger charge is -2.09. The van der Waals surface area contributed by atoms with Crippen molar-refractivity contribution >= 4 is 16.7 Å². The number of Topliss-reactive ketones (excluding diaryl/α,β-unsaturated/α-hetero) is 1.